The van der Waals surface area contributed by atoms with Gasteiger partial charge in [0.25, 0.3) is 5.91 Å². The van der Waals surface area contributed by atoms with Crippen LogP contribution in [0.4, 0.5) is 0 Å². The molecular weight excluding hydrogens is 334 g/mol. The Labute approximate surface area is 152 Å². The minimum Gasteiger partial charge on any atom is -0.465 e. The molecule has 2 rings (SSSR count). The SMILES string of the molecule is CCOC(=O)C1/C(=N\NC(=O)CC#N)CC(C)(O)CC1c1ccccc1. The molecule has 0 bridgehead atoms. The summed E-state index contributed by atoms with van der Waals surface area (Å²) < 4.78 is 5.22. The largest absolute Gasteiger partial charge is 0.465 e. The second-order valence-corrected chi connectivity index (χ2v) is 6.60. The van der Waals surface area contributed by atoms with Crippen LogP contribution in [0.5, 0.6) is 0 Å². The maximum Gasteiger partial charge on any atom is 0.315 e. The van der Waals surface area contributed by atoms with Crippen LogP contribution in [0.25, 0.3) is 0 Å². The molecular formula is C19H23N3O4. The van der Waals surface area contributed by atoms with Gasteiger partial charge < -0.3 is 9.84 Å². The quantitative estimate of drug-likeness (QED) is 0.617. The summed E-state index contributed by atoms with van der Waals surface area (Å²) in [6.07, 6.45) is 0.164. The van der Waals surface area contributed by atoms with Crippen LogP contribution in [0.3, 0.4) is 0 Å². The van der Waals surface area contributed by atoms with Gasteiger partial charge in [-0.3, -0.25) is 9.59 Å². The molecule has 0 aliphatic heterocycles. The molecule has 1 aliphatic carbocycles. The lowest BCUT2D eigenvalue weighted by Crippen LogP contribution is -2.46. The Morgan fingerprint density at radius 1 is 1.42 bits per heavy atom. The van der Waals surface area contributed by atoms with Crippen molar-refractivity contribution in [3.05, 3.63) is 35.9 Å². The number of nitriles is 1. The molecule has 0 radical (unpaired) electrons. The highest BCUT2D eigenvalue weighted by Crippen LogP contribution is 2.41. The Morgan fingerprint density at radius 3 is 2.73 bits per heavy atom. The Kier molecular flexibility index (Phi) is 6.47. The van der Waals surface area contributed by atoms with Gasteiger partial charge in [-0.05, 0) is 25.8 Å². The van der Waals surface area contributed by atoms with Gasteiger partial charge in [0.05, 0.1) is 24.0 Å². The van der Waals surface area contributed by atoms with Crippen LogP contribution in [0, 0.1) is 17.2 Å². The molecule has 138 valence electrons. The molecule has 1 saturated carbocycles. The van der Waals surface area contributed by atoms with Gasteiger partial charge in [0, 0.05) is 12.3 Å². The van der Waals surface area contributed by atoms with Gasteiger partial charge in [-0.15, -0.1) is 0 Å². The number of nitrogens with one attached hydrogen (secondary N) is 1. The summed E-state index contributed by atoms with van der Waals surface area (Å²) in [7, 11) is 0. The van der Waals surface area contributed by atoms with E-state index in [0.717, 1.165) is 5.56 Å². The molecule has 2 N–H and O–H groups in total. The molecule has 26 heavy (non-hydrogen) atoms. The van der Waals surface area contributed by atoms with Gasteiger partial charge in [-0.1, -0.05) is 30.3 Å². The first-order valence-electron chi connectivity index (χ1n) is 8.54. The number of rotatable bonds is 5. The molecule has 0 spiro atoms. The first-order chi connectivity index (χ1) is 12.4. The lowest BCUT2D eigenvalue weighted by molar-refractivity contribution is -0.147. The summed E-state index contributed by atoms with van der Waals surface area (Å²) >= 11 is 0. The molecule has 1 amide bonds. The number of carbonyl (C=O) groups is 2. The summed E-state index contributed by atoms with van der Waals surface area (Å²) in [5.41, 5.74) is 2.45. The molecule has 1 fully saturated rings. The van der Waals surface area contributed by atoms with E-state index >= 15 is 0 Å². The summed E-state index contributed by atoms with van der Waals surface area (Å²) in [6.45, 7) is 3.62. The van der Waals surface area contributed by atoms with Crippen LogP contribution >= 0.6 is 0 Å². The van der Waals surface area contributed by atoms with Gasteiger partial charge in [0.1, 0.15) is 12.3 Å². The molecule has 0 aromatic heterocycles. The zero-order chi connectivity index (χ0) is 19.2. The Bertz CT molecular complexity index is 722. The fourth-order valence-electron chi connectivity index (χ4n) is 3.29. The third-order valence-corrected chi connectivity index (χ3v) is 4.32. The number of hydrazone groups is 1. The molecule has 1 aromatic rings. The van der Waals surface area contributed by atoms with Crippen molar-refractivity contribution in [2.75, 3.05) is 6.61 Å². The minimum absolute atomic E-state index is 0.132. The number of nitrogens with zero attached hydrogens (tertiary/aromatic N) is 2. The van der Waals surface area contributed by atoms with Crippen LogP contribution in [0.2, 0.25) is 0 Å². The van der Waals surface area contributed by atoms with E-state index in [1.54, 1.807) is 19.9 Å². The van der Waals surface area contributed by atoms with Crippen LogP contribution < -0.4 is 5.43 Å². The average molecular weight is 357 g/mol. The molecule has 7 nitrogen and oxygen atoms in total. The molecule has 7 heteroatoms. The van der Waals surface area contributed by atoms with Crippen LogP contribution in [0.1, 0.15) is 44.6 Å². The molecule has 3 unspecified atom stereocenters. The smallest absolute Gasteiger partial charge is 0.315 e. The molecule has 1 aliphatic rings. The fraction of sp³-hybridized carbons (Fsp3) is 0.474. The fourth-order valence-corrected chi connectivity index (χ4v) is 3.29. The molecule has 3 atom stereocenters. The van der Waals surface area contributed by atoms with Crippen molar-refractivity contribution < 1.29 is 19.4 Å². The highest BCUT2D eigenvalue weighted by molar-refractivity contribution is 6.04. The van der Waals surface area contributed by atoms with Crippen molar-refractivity contribution in [1.82, 2.24) is 5.43 Å². The van der Waals surface area contributed by atoms with Crippen molar-refractivity contribution in [3.8, 4) is 6.07 Å². The second kappa shape index (κ2) is 8.59. The zero-order valence-corrected chi connectivity index (χ0v) is 14.9. The number of hydrogen-bond acceptors (Lipinski definition) is 6. The summed E-state index contributed by atoms with van der Waals surface area (Å²) in [5.74, 6) is -2.04. The lowest BCUT2D eigenvalue weighted by Gasteiger charge is -2.39. The van der Waals surface area contributed by atoms with Gasteiger partial charge in [0.2, 0.25) is 0 Å². The third kappa shape index (κ3) is 4.90. The Balaban J connectivity index is 2.41. The van der Waals surface area contributed by atoms with Crippen molar-refractivity contribution in [2.45, 2.75) is 44.6 Å². The molecule has 0 saturated heterocycles. The first kappa shape index (κ1) is 19.6. The maximum absolute atomic E-state index is 12.6. The lowest BCUT2D eigenvalue weighted by atomic mass is 9.68. The summed E-state index contributed by atoms with van der Waals surface area (Å²) in [5, 5.41) is 23.3. The molecule has 0 heterocycles. The monoisotopic (exact) mass is 357 g/mol. The maximum atomic E-state index is 12.6. The Morgan fingerprint density at radius 2 is 2.12 bits per heavy atom. The average Bonchev–Trinajstić information content (AvgIpc) is 2.60. The number of benzene rings is 1. The number of amides is 1. The van der Waals surface area contributed by atoms with E-state index in [9.17, 15) is 14.7 Å². The highest BCUT2D eigenvalue weighted by Gasteiger charge is 2.45. The van der Waals surface area contributed by atoms with Gasteiger partial charge in [-0.25, -0.2) is 5.43 Å². The topological polar surface area (TPSA) is 112 Å². The zero-order valence-electron chi connectivity index (χ0n) is 14.9. The number of aliphatic hydroxyl groups is 1. The summed E-state index contributed by atoms with van der Waals surface area (Å²) in [6, 6.07) is 11.1. The normalized spacial score (nSPS) is 26.8. The summed E-state index contributed by atoms with van der Waals surface area (Å²) in [4.78, 5) is 24.2. The van der Waals surface area contributed by atoms with E-state index < -0.39 is 23.4 Å². The Hall–Kier alpha value is -2.72. The predicted molar refractivity (Wildman–Crippen MR) is 95.0 cm³/mol. The number of carbonyl (C=O) groups excluding carboxylic acids is 2. The van der Waals surface area contributed by atoms with Crippen molar-refractivity contribution in [2.24, 2.45) is 11.0 Å². The number of esters is 1. The standard InChI is InChI=1S/C19H23N3O4/c1-3-26-18(24)17-14(13-7-5-4-6-8-13)11-19(2,25)12-15(17)21-22-16(23)9-10-20/h4-8,14,17,25H,3,9,11-12H2,1-2H3,(H,22,23)/b21-15-. The van der Waals surface area contributed by atoms with Gasteiger partial charge in [0.15, 0.2) is 0 Å². The number of hydrogen-bond donors (Lipinski definition) is 2. The van der Waals surface area contributed by atoms with Gasteiger partial charge in [-0.2, -0.15) is 10.4 Å². The van der Waals surface area contributed by atoms with E-state index in [1.807, 2.05) is 30.3 Å². The van der Waals surface area contributed by atoms with Crippen molar-refractivity contribution in [3.63, 3.8) is 0 Å². The van der Waals surface area contributed by atoms with Crippen LogP contribution in [0.15, 0.2) is 35.4 Å². The van der Waals surface area contributed by atoms with Crippen LogP contribution in [-0.4, -0.2) is 34.9 Å². The second-order valence-electron chi connectivity index (χ2n) is 6.60. The predicted octanol–water partition coefficient (Wildman–Crippen LogP) is 1.88. The molecule has 1 aromatic carbocycles. The van der Waals surface area contributed by atoms with E-state index in [-0.39, 0.29) is 25.4 Å². The van der Waals surface area contributed by atoms with E-state index in [4.69, 9.17) is 10.00 Å². The highest BCUT2D eigenvalue weighted by atomic mass is 16.5. The minimum atomic E-state index is -1.08. The van der Waals surface area contributed by atoms with E-state index in [0.29, 0.717) is 12.1 Å². The van der Waals surface area contributed by atoms with Crippen molar-refractivity contribution >= 4 is 17.6 Å². The first-order valence-corrected chi connectivity index (χ1v) is 8.54. The third-order valence-electron chi connectivity index (χ3n) is 4.32. The van der Waals surface area contributed by atoms with Gasteiger partial charge >= 0.3 is 5.97 Å². The number of ether oxygens (including phenoxy) is 1. The van der Waals surface area contributed by atoms with Crippen LogP contribution in [-0.2, 0) is 14.3 Å². The van der Waals surface area contributed by atoms with Crippen molar-refractivity contribution in [1.29, 1.82) is 5.26 Å². The van der Waals surface area contributed by atoms with E-state index in [2.05, 4.69) is 10.5 Å². The van der Waals surface area contributed by atoms with E-state index in [1.165, 1.54) is 0 Å².